The van der Waals surface area contributed by atoms with Crippen LogP contribution in [0.4, 0.5) is 20.5 Å². The number of hydrogen-bond acceptors (Lipinski definition) is 6. The Morgan fingerprint density at radius 1 is 1.50 bits per heavy atom. The summed E-state index contributed by atoms with van der Waals surface area (Å²) in [5.74, 6) is 0.508. The van der Waals surface area contributed by atoms with Crippen molar-refractivity contribution in [1.29, 1.82) is 0 Å². The summed E-state index contributed by atoms with van der Waals surface area (Å²) in [6.45, 7) is -0.176. The molecule has 1 atom stereocenters. The Balaban J connectivity index is 2.23. The van der Waals surface area contributed by atoms with Crippen molar-refractivity contribution in [2.45, 2.75) is 12.5 Å². The number of halogens is 2. The van der Waals surface area contributed by atoms with E-state index in [4.69, 9.17) is 10.5 Å². The van der Waals surface area contributed by atoms with Gasteiger partial charge in [-0.1, -0.05) is 0 Å². The van der Waals surface area contributed by atoms with Crippen LogP contribution in [0.1, 0.15) is 0 Å². The minimum atomic E-state index is -2.56. The number of nitrogen functional groups attached to an aromatic ring is 1. The molecule has 1 unspecified atom stereocenters. The summed E-state index contributed by atoms with van der Waals surface area (Å²) in [6, 6.07) is -1.10. The Morgan fingerprint density at radius 2 is 2.28 bits per heavy atom. The zero-order valence-electron chi connectivity index (χ0n) is 9.39. The first-order chi connectivity index (χ1) is 8.58. The number of alkyl halides is 2. The van der Waals surface area contributed by atoms with Crippen LogP contribution in [-0.4, -0.2) is 46.3 Å². The molecule has 0 bridgehead atoms. The fourth-order valence-electron chi connectivity index (χ4n) is 1.94. The molecule has 0 fully saturated rings. The quantitative estimate of drug-likeness (QED) is 0.767. The molecule has 3 N–H and O–H groups in total. The van der Waals surface area contributed by atoms with E-state index in [2.05, 4.69) is 20.2 Å². The molecular weight excluding hydrogens is 246 g/mol. The molecule has 0 spiro atoms. The molecular formula is C9H10F2N6O. The second kappa shape index (κ2) is 3.65. The SMILES string of the molecule is CN1c2nc(N)nc3[nH]nc(c23)OCC1C(F)F. The fraction of sp³-hybridized carbons (Fsp3) is 0.444. The highest BCUT2D eigenvalue weighted by atomic mass is 19.3. The predicted octanol–water partition coefficient (Wildman–Crippen LogP) is 0.397. The lowest BCUT2D eigenvalue weighted by Gasteiger charge is -2.25. The molecule has 0 amide bonds. The lowest BCUT2D eigenvalue weighted by molar-refractivity contribution is 0.0878. The van der Waals surface area contributed by atoms with E-state index in [-0.39, 0.29) is 18.4 Å². The van der Waals surface area contributed by atoms with Crippen LogP contribution in [-0.2, 0) is 0 Å². The van der Waals surface area contributed by atoms with E-state index in [0.717, 1.165) is 0 Å². The third kappa shape index (κ3) is 1.43. The van der Waals surface area contributed by atoms with Gasteiger partial charge in [-0.15, -0.1) is 5.10 Å². The third-order valence-corrected chi connectivity index (χ3v) is 2.90. The molecule has 18 heavy (non-hydrogen) atoms. The summed E-state index contributed by atoms with van der Waals surface area (Å²) in [7, 11) is 1.52. The summed E-state index contributed by atoms with van der Waals surface area (Å²) in [4.78, 5) is 9.28. The van der Waals surface area contributed by atoms with Crippen LogP contribution >= 0.6 is 0 Å². The topological polar surface area (TPSA) is 93.0 Å². The molecule has 9 heteroatoms. The standard InChI is InChI=1S/C9H10F2N6O/c1-17-3(5(10)11)2-18-8-4-6(15-16-8)13-9(12)14-7(4)17/h3,5H,2H2,1H3,(H3,12,13,14,15,16). The van der Waals surface area contributed by atoms with E-state index < -0.39 is 12.5 Å². The van der Waals surface area contributed by atoms with Gasteiger partial charge in [-0.25, -0.2) is 8.78 Å². The number of aromatic amines is 1. The Labute approximate surface area is 99.9 Å². The summed E-state index contributed by atoms with van der Waals surface area (Å²) < 4.78 is 31.1. The fourth-order valence-corrected chi connectivity index (χ4v) is 1.94. The first kappa shape index (κ1) is 10.9. The van der Waals surface area contributed by atoms with Crippen LogP contribution in [0, 0.1) is 0 Å². The van der Waals surface area contributed by atoms with E-state index in [1.807, 2.05) is 0 Å². The summed E-state index contributed by atoms with van der Waals surface area (Å²) in [5, 5.41) is 6.98. The lowest BCUT2D eigenvalue weighted by Crippen LogP contribution is -2.41. The molecule has 0 saturated carbocycles. The molecule has 0 radical (unpaired) electrons. The van der Waals surface area contributed by atoms with Gasteiger partial charge in [-0.2, -0.15) is 9.97 Å². The van der Waals surface area contributed by atoms with Crippen LogP contribution < -0.4 is 15.4 Å². The molecule has 7 nitrogen and oxygen atoms in total. The maximum absolute atomic E-state index is 12.9. The predicted molar refractivity (Wildman–Crippen MR) is 59.8 cm³/mol. The Kier molecular flexibility index (Phi) is 2.22. The molecule has 2 aromatic rings. The first-order valence-corrected chi connectivity index (χ1v) is 5.23. The molecule has 0 saturated heterocycles. The van der Waals surface area contributed by atoms with Crippen molar-refractivity contribution >= 4 is 22.8 Å². The zero-order chi connectivity index (χ0) is 12.9. The van der Waals surface area contributed by atoms with Gasteiger partial charge in [0, 0.05) is 7.05 Å². The number of aromatic nitrogens is 4. The largest absolute Gasteiger partial charge is 0.474 e. The van der Waals surface area contributed by atoms with Gasteiger partial charge >= 0.3 is 0 Å². The van der Waals surface area contributed by atoms with Gasteiger partial charge in [0.25, 0.3) is 6.43 Å². The summed E-state index contributed by atoms with van der Waals surface area (Å²) in [5.41, 5.74) is 5.91. The lowest BCUT2D eigenvalue weighted by atomic mass is 10.2. The van der Waals surface area contributed by atoms with Gasteiger partial charge in [0.15, 0.2) is 5.65 Å². The summed E-state index contributed by atoms with van der Waals surface area (Å²) >= 11 is 0. The Hall–Kier alpha value is -2.19. The van der Waals surface area contributed by atoms with Gasteiger partial charge in [0.2, 0.25) is 11.8 Å². The van der Waals surface area contributed by atoms with E-state index in [1.54, 1.807) is 0 Å². The van der Waals surface area contributed by atoms with E-state index >= 15 is 0 Å². The van der Waals surface area contributed by atoms with Gasteiger partial charge < -0.3 is 15.4 Å². The molecule has 0 aliphatic carbocycles. The molecule has 2 aromatic heterocycles. The highest BCUT2D eigenvalue weighted by molar-refractivity contribution is 5.93. The normalized spacial score (nSPS) is 19.1. The number of nitrogens with one attached hydrogen (secondary N) is 1. The van der Waals surface area contributed by atoms with Gasteiger partial charge in [0.1, 0.15) is 23.9 Å². The second-order valence-corrected chi connectivity index (χ2v) is 3.98. The highest BCUT2D eigenvalue weighted by Crippen LogP contribution is 2.34. The number of ether oxygens (including phenoxy) is 1. The third-order valence-electron chi connectivity index (χ3n) is 2.90. The van der Waals surface area contributed by atoms with Crippen molar-refractivity contribution < 1.29 is 13.5 Å². The molecule has 3 rings (SSSR count). The minimum absolute atomic E-state index is 0.00512. The Bertz CT molecular complexity index is 600. The molecule has 1 aliphatic heterocycles. The van der Waals surface area contributed by atoms with Crippen LogP contribution in [0.25, 0.3) is 11.0 Å². The number of hydrogen-bond donors (Lipinski definition) is 2. The average Bonchev–Trinajstić information content (AvgIpc) is 2.64. The number of nitrogens with two attached hydrogens (primary N) is 1. The van der Waals surface area contributed by atoms with Gasteiger partial charge in [0.05, 0.1) is 0 Å². The number of likely N-dealkylation sites (N-methyl/N-ethyl adjacent to an activating group) is 1. The second-order valence-electron chi connectivity index (χ2n) is 3.98. The van der Waals surface area contributed by atoms with Crippen LogP contribution in [0.3, 0.4) is 0 Å². The van der Waals surface area contributed by atoms with E-state index in [1.165, 1.54) is 11.9 Å². The smallest absolute Gasteiger partial charge is 0.261 e. The Morgan fingerprint density at radius 3 is 3.00 bits per heavy atom. The van der Waals surface area contributed by atoms with Gasteiger partial charge in [-0.05, 0) is 0 Å². The highest BCUT2D eigenvalue weighted by Gasteiger charge is 2.33. The van der Waals surface area contributed by atoms with Crippen molar-refractivity contribution in [1.82, 2.24) is 20.2 Å². The first-order valence-electron chi connectivity index (χ1n) is 5.23. The van der Waals surface area contributed by atoms with Crippen LogP contribution in [0.2, 0.25) is 0 Å². The maximum atomic E-state index is 12.9. The zero-order valence-corrected chi connectivity index (χ0v) is 9.39. The van der Waals surface area contributed by atoms with Crippen molar-refractivity contribution in [3.8, 4) is 5.88 Å². The van der Waals surface area contributed by atoms with E-state index in [0.29, 0.717) is 16.9 Å². The molecule has 96 valence electrons. The monoisotopic (exact) mass is 256 g/mol. The minimum Gasteiger partial charge on any atom is -0.474 e. The number of rotatable bonds is 1. The maximum Gasteiger partial charge on any atom is 0.261 e. The van der Waals surface area contributed by atoms with Crippen molar-refractivity contribution in [3.63, 3.8) is 0 Å². The van der Waals surface area contributed by atoms with Gasteiger partial charge in [-0.3, -0.25) is 5.10 Å². The van der Waals surface area contributed by atoms with E-state index in [9.17, 15) is 8.78 Å². The van der Waals surface area contributed by atoms with Crippen molar-refractivity contribution in [3.05, 3.63) is 0 Å². The number of anilines is 2. The average molecular weight is 256 g/mol. The van der Waals surface area contributed by atoms with Crippen LogP contribution in [0.15, 0.2) is 0 Å². The van der Waals surface area contributed by atoms with Crippen LogP contribution in [0.5, 0.6) is 5.88 Å². The summed E-state index contributed by atoms with van der Waals surface area (Å²) in [6.07, 6.45) is -2.56. The van der Waals surface area contributed by atoms with Crippen molar-refractivity contribution in [2.75, 3.05) is 24.3 Å². The molecule has 0 aromatic carbocycles. The molecule has 3 heterocycles. The molecule has 1 aliphatic rings. The number of nitrogens with zero attached hydrogens (tertiary/aromatic N) is 4. The number of H-pyrrole nitrogens is 1. The van der Waals surface area contributed by atoms with Crippen molar-refractivity contribution in [2.24, 2.45) is 0 Å².